The third kappa shape index (κ3) is 5.11. The Labute approximate surface area is 183 Å². The summed E-state index contributed by atoms with van der Waals surface area (Å²) in [4.78, 5) is 26.6. The molecule has 6 nitrogen and oxygen atoms in total. The summed E-state index contributed by atoms with van der Waals surface area (Å²) in [5.74, 6) is -0.360. The molecule has 2 atom stereocenters. The third-order valence-corrected chi connectivity index (χ3v) is 5.65. The lowest BCUT2D eigenvalue weighted by Gasteiger charge is -2.22. The van der Waals surface area contributed by atoms with E-state index in [-0.39, 0.29) is 31.0 Å². The molecule has 1 saturated heterocycles. The van der Waals surface area contributed by atoms with Crippen LogP contribution in [0.15, 0.2) is 46.9 Å². The zero-order valence-corrected chi connectivity index (χ0v) is 18.4. The van der Waals surface area contributed by atoms with E-state index in [0.717, 1.165) is 10.0 Å². The van der Waals surface area contributed by atoms with Crippen LogP contribution in [0.2, 0.25) is 0 Å². The number of benzene rings is 2. The standard InChI is InChI=1S/C22H23BrFNO5/c1-28-19-9-7-14(11-16(19)23)8-10-21(26)25-13-15(12-18(25)22(27)29-2)30-20-6-4-3-5-17(20)24/h3-7,9,11,15,18H,8,10,12-13H2,1-2H3. The summed E-state index contributed by atoms with van der Waals surface area (Å²) in [7, 11) is 2.87. The van der Waals surface area contributed by atoms with Crippen molar-refractivity contribution in [3.63, 3.8) is 0 Å². The minimum absolute atomic E-state index is 0.100. The highest BCUT2D eigenvalue weighted by Crippen LogP contribution is 2.28. The fourth-order valence-electron chi connectivity index (χ4n) is 3.50. The molecule has 8 heteroatoms. The van der Waals surface area contributed by atoms with Crippen molar-refractivity contribution in [1.29, 1.82) is 0 Å². The van der Waals surface area contributed by atoms with Crippen LogP contribution in [0.1, 0.15) is 18.4 Å². The molecule has 1 heterocycles. The molecule has 0 radical (unpaired) electrons. The highest BCUT2D eigenvalue weighted by atomic mass is 79.9. The predicted octanol–water partition coefficient (Wildman–Crippen LogP) is 3.75. The highest BCUT2D eigenvalue weighted by molar-refractivity contribution is 9.10. The van der Waals surface area contributed by atoms with Gasteiger partial charge in [-0.05, 0) is 52.2 Å². The first-order valence-corrected chi connectivity index (χ1v) is 10.3. The molecule has 1 fully saturated rings. The fraction of sp³-hybridized carbons (Fsp3) is 0.364. The number of methoxy groups -OCH3 is 2. The second-order valence-corrected chi connectivity index (χ2v) is 7.81. The topological polar surface area (TPSA) is 65.1 Å². The number of hydrogen-bond donors (Lipinski definition) is 0. The van der Waals surface area contributed by atoms with Gasteiger partial charge in [0.1, 0.15) is 17.9 Å². The molecule has 2 aromatic rings. The molecule has 2 unspecified atom stereocenters. The molecule has 1 amide bonds. The van der Waals surface area contributed by atoms with Crippen LogP contribution >= 0.6 is 15.9 Å². The average Bonchev–Trinajstić information content (AvgIpc) is 3.17. The average molecular weight is 480 g/mol. The van der Waals surface area contributed by atoms with Crippen LogP contribution < -0.4 is 9.47 Å². The molecule has 30 heavy (non-hydrogen) atoms. The molecule has 160 valence electrons. The Hall–Kier alpha value is -2.61. The van der Waals surface area contributed by atoms with Crippen LogP contribution in [0, 0.1) is 5.82 Å². The zero-order valence-electron chi connectivity index (χ0n) is 16.8. The monoisotopic (exact) mass is 479 g/mol. The number of hydrogen-bond acceptors (Lipinski definition) is 5. The number of rotatable bonds is 7. The van der Waals surface area contributed by atoms with Gasteiger partial charge in [0, 0.05) is 12.8 Å². The van der Waals surface area contributed by atoms with E-state index in [1.165, 1.54) is 24.1 Å². The van der Waals surface area contributed by atoms with Gasteiger partial charge >= 0.3 is 5.97 Å². The first kappa shape index (κ1) is 22.1. The molecule has 0 aliphatic carbocycles. The number of carbonyl (C=O) groups excluding carboxylic acids is 2. The first-order chi connectivity index (χ1) is 14.4. The molecule has 0 saturated carbocycles. The predicted molar refractivity (Wildman–Crippen MR) is 112 cm³/mol. The number of amides is 1. The van der Waals surface area contributed by atoms with E-state index < -0.39 is 23.9 Å². The maximum absolute atomic E-state index is 13.9. The van der Waals surface area contributed by atoms with Crippen LogP contribution in [0.25, 0.3) is 0 Å². The second-order valence-electron chi connectivity index (χ2n) is 6.96. The van der Waals surface area contributed by atoms with Crippen LogP contribution in [-0.4, -0.2) is 49.7 Å². The number of ether oxygens (including phenoxy) is 3. The minimum atomic E-state index is -0.748. The van der Waals surface area contributed by atoms with Crippen molar-refractivity contribution in [3.05, 3.63) is 58.3 Å². The zero-order chi connectivity index (χ0) is 21.7. The number of aryl methyl sites for hydroxylation is 1. The third-order valence-electron chi connectivity index (χ3n) is 5.03. The Bertz CT molecular complexity index is 922. The molecule has 1 aliphatic heterocycles. The normalized spacial score (nSPS) is 18.2. The van der Waals surface area contributed by atoms with Gasteiger partial charge in [0.25, 0.3) is 0 Å². The van der Waals surface area contributed by atoms with Crippen molar-refractivity contribution in [2.45, 2.75) is 31.4 Å². The van der Waals surface area contributed by atoms with Gasteiger partial charge in [-0.3, -0.25) is 4.79 Å². The molecular weight excluding hydrogens is 457 g/mol. The maximum atomic E-state index is 13.9. The lowest BCUT2D eigenvalue weighted by molar-refractivity contribution is -0.150. The van der Waals surface area contributed by atoms with Gasteiger partial charge in [0.15, 0.2) is 11.6 Å². The van der Waals surface area contributed by atoms with Gasteiger partial charge < -0.3 is 19.1 Å². The van der Waals surface area contributed by atoms with Crippen molar-refractivity contribution >= 4 is 27.8 Å². The van der Waals surface area contributed by atoms with Crippen molar-refractivity contribution < 1.29 is 28.2 Å². The van der Waals surface area contributed by atoms with E-state index in [4.69, 9.17) is 14.2 Å². The molecule has 0 aromatic heterocycles. The largest absolute Gasteiger partial charge is 0.496 e. The Kier molecular flexibility index (Phi) is 7.31. The Balaban J connectivity index is 1.67. The SMILES string of the molecule is COC(=O)C1CC(Oc2ccccc2F)CN1C(=O)CCc1ccc(OC)c(Br)c1. The van der Waals surface area contributed by atoms with Crippen molar-refractivity contribution in [2.24, 2.45) is 0 Å². The summed E-state index contributed by atoms with van der Waals surface area (Å²) in [5, 5.41) is 0. The molecule has 0 bridgehead atoms. The Morgan fingerprint density at radius 1 is 1.17 bits per heavy atom. The maximum Gasteiger partial charge on any atom is 0.328 e. The van der Waals surface area contributed by atoms with E-state index in [9.17, 15) is 14.0 Å². The van der Waals surface area contributed by atoms with Crippen LogP contribution in [-0.2, 0) is 20.7 Å². The molecule has 3 rings (SSSR count). The van der Waals surface area contributed by atoms with E-state index in [1.54, 1.807) is 19.2 Å². The molecular formula is C22H23BrFNO5. The van der Waals surface area contributed by atoms with E-state index in [0.29, 0.717) is 12.2 Å². The van der Waals surface area contributed by atoms with Gasteiger partial charge in [0.05, 0.1) is 25.2 Å². The molecule has 2 aromatic carbocycles. The molecule has 0 N–H and O–H groups in total. The van der Waals surface area contributed by atoms with Crippen LogP contribution in [0.5, 0.6) is 11.5 Å². The van der Waals surface area contributed by atoms with Gasteiger partial charge in [-0.1, -0.05) is 18.2 Å². The quantitative estimate of drug-likeness (QED) is 0.565. The highest BCUT2D eigenvalue weighted by Gasteiger charge is 2.41. The Morgan fingerprint density at radius 2 is 1.93 bits per heavy atom. The summed E-state index contributed by atoms with van der Waals surface area (Å²) in [5.41, 5.74) is 0.962. The number of carbonyl (C=O) groups is 2. The number of nitrogens with zero attached hydrogens (tertiary/aromatic N) is 1. The second kappa shape index (κ2) is 9.93. The van der Waals surface area contributed by atoms with Gasteiger partial charge in [-0.25, -0.2) is 9.18 Å². The lowest BCUT2D eigenvalue weighted by atomic mass is 10.1. The van der Waals surface area contributed by atoms with E-state index >= 15 is 0 Å². The van der Waals surface area contributed by atoms with E-state index in [1.807, 2.05) is 18.2 Å². The van der Waals surface area contributed by atoms with Gasteiger partial charge in [0.2, 0.25) is 5.91 Å². The van der Waals surface area contributed by atoms with Crippen molar-refractivity contribution in [1.82, 2.24) is 4.90 Å². The van der Waals surface area contributed by atoms with Crippen LogP contribution in [0.3, 0.4) is 0 Å². The van der Waals surface area contributed by atoms with Crippen LogP contribution in [0.4, 0.5) is 4.39 Å². The molecule has 1 aliphatic rings. The van der Waals surface area contributed by atoms with Crippen molar-refractivity contribution in [3.8, 4) is 11.5 Å². The first-order valence-electron chi connectivity index (χ1n) is 9.53. The number of likely N-dealkylation sites (tertiary alicyclic amines) is 1. The lowest BCUT2D eigenvalue weighted by Crippen LogP contribution is -2.41. The van der Waals surface area contributed by atoms with Crippen molar-refractivity contribution in [2.75, 3.05) is 20.8 Å². The number of para-hydroxylation sites is 1. The van der Waals surface area contributed by atoms with Gasteiger partial charge in [-0.15, -0.1) is 0 Å². The number of esters is 1. The smallest absolute Gasteiger partial charge is 0.328 e. The van der Waals surface area contributed by atoms with Gasteiger partial charge in [-0.2, -0.15) is 0 Å². The summed E-state index contributed by atoms with van der Waals surface area (Å²) < 4.78 is 30.5. The van der Waals surface area contributed by atoms with E-state index in [2.05, 4.69) is 15.9 Å². The Morgan fingerprint density at radius 3 is 2.60 bits per heavy atom. The minimum Gasteiger partial charge on any atom is -0.496 e. The summed E-state index contributed by atoms with van der Waals surface area (Å²) in [6.07, 6.45) is 0.481. The number of halogens is 2. The fourth-order valence-corrected chi connectivity index (χ4v) is 4.09. The summed E-state index contributed by atoms with van der Waals surface area (Å²) in [6.45, 7) is 0.194. The summed E-state index contributed by atoms with van der Waals surface area (Å²) in [6, 6.07) is 10.9. The molecule has 0 spiro atoms. The summed E-state index contributed by atoms with van der Waals surface area (Å²) >= 11 is 3.44.